The topological polar surface area (TPSA) is 54.9 Å². The molecule has 0 saturated carbocycles. The SMILES string of the molecule is CCc1cccc(C)c1NC(=O)c1cnc(C)cn1. The lowest BCUT2D eigenvalue weighted by molar-refractivity contribution is 0.102. The van der Waals surface area contributed by atoms with Gasteiger partial charge in [0.25, 0.3) is 5.91 Å². The van der Waals surface area contributed by atoms with Gasteiger partial charge in [0, 0.05) is 11.9 Å². The fourth-order valence-electron chi connectivity index (χ4n) is 1.89. The molecule has 0 aliphatic carbocycles. The van der Waals surface area contributed by atoms with E-state index in [0.717, 1.165) is 28.9 Å². The molecule has 0 atom stereocenters. The molecule has 1 amide bonds. The van der Waals surface area contributed by atoms with Crippen LogP contribution in [0.1, 0.15) is 34.2 Å². The van der Waals surface area contributed by atoms with Crippen LogP contribution in [0.2, 0.25) is 0 Å². The minimum absolute atomic E-state index is 0.225. The first-order valence-corrected chi connectivity index (χ1v) is 6.30. The Hall–Kier alpha value is -2.23. The number of nitrogens with zero attached hydrogens (tertiary/aromatic N) is 2. The first kappa shape index (κ1) is 13.2. The van der Waals surface area contributed by atoms with E-state index < -0.39 is 0 Å². The molecule has 0 saturated heterocycles. The van der Waals surface area contributed by atoms with E-state index >= 15 is 0 Å². The molecule has 0 aliphatic heterocycles. The van der Waals surface area contributed by atoms with Crippen LogP contribution in [0.15, 0.2) is 30.6 Å². The third-order valence-corrected chi connectivity index (χ3v) is 2.99. The molecule has 2 rings (SSSR count). The van der Waals surface area contributed by atoms with E-state index in [9.17, 15) is 4.79 Å². The predicted octanol–water partition coefficient (Wildman–Crippen LogP) is 2.91. The number of hydrogen-bond acceptors (Lipinski definition) is 3. The third kappa shape index (κ3) is 2.96. The van der Waals surface area contributed by atoms with E-state index in [4.69, 9.17) is 0 Å². The molecular weight excluding hydrogens is 238 g/mol. The van der Waals surface area contributed by atoms with Crippen LogP contribution in [0.4, 0.5) is 5.69 Å². The summed E-state index contributed by atoms with van der Waals surface area (Å²) in [6.07, 6.45) is 3.96. The van der Waals surface area contributed by atoms with Crippen LogP contribution >= 0.6 is 0 Å². The average Bonchev–Trinajstić information content (AvgIpc) is 2.41. The number of anilines is 1. The molecule has 1 N–H and O–H groups in total. The van der Waals surface area contributed by atoms with Crippen molar-refractivity contribution in [2.45, 2.75) is 27.2 Å². The van der Waals surface area contributed by atoms with Crippen molar-refractivity contribution in [3.63, 3.8) is 0 Å². The normalized spacial score (nSPS) is 10.3. The summed E-state index contributed by atoms with van der Waals surface area (Å²) >= 11 is 0. The highest BCUT2D eigenvalue weighted by Crippen LogP contribution is 2.21. The molecule has 1 heterocycles. The first-order chi connectivity index (χ1) is 9.11. The molecule has 1 aromatic heterocycles. The lowest BCUT2D eigenvalue weighted by Crippen LogP contribution is -2.16. The molecule has 0 spiro atoms. The fourth-order valence-corrected chi connectivity index (χ4v) is 1.89. The second-order valence-electron chi connectivity index (χ2n) is 4.46. The minimum atomic E-state index is -0.225. The molecule has 0 fully saturated rings. The number of para-hydroxylation sites is 1. The van der Waals surface area contributed by atoms with Gasteiger partial charge in [-0.3, -0.25) is 9.78 Å². The number of carbonyl (C=O) groups is 1. The van der Waals surface area contributed by atoms with Gasteiger partial charge in [-0.25, -0.2) is 4.98 Å². The maximum atomic E-state index is 12.1. The molecule has 0 unspecified atom stereocenters. The summed E-state index contributed by atoms with van der Waals surface area (Å²) in [5, 5.41) is 2.92. The number of carbonyl (C=O) groups excluding carboxylic acids is 1. The number of benzene rings is 1. The first-order valence-electron chi connectivity index (χ1n) is 6.30. The van der Waals surface area contributed by atoms with Crippen molar-refractivity contribution >= 4 is 11.6 Å². The number of amides is 1. The lowest BCUT2D eigenvalue weighted by Gasteiger charge is -2.12. The van der Waals surface area contributed by atoms with Gasteiger partial charge in [-0.05, 0) is 31.4 Å². The van der Waals surface area contributed by atoms with Crippen molar-refractivity contribution in [3.05, 3.63) is 53.1 Å². The summed E-state index contributed by atoms with van der Waals surface area (Å²) in [5.41, 5.74) is 4.16. The van der Waals surface area contributed by atoms with Crippen molar-refractivity contribution in [1.82, 2.24) is 9.97 Å². The molecule has 2 aromatic rings. The van der Waals surface area contributed by atoms with Crippen LogP contribution in [0, 0.1) is 13.8 Å². The Morgan fingerprint density at radius 1 is 1.21 bits per heavy atom. The van der Waals surface area contributed by atoms with Gasteiger partial charge in [-0.1, -0.05) is 25.1 Å². The van der Waals surface area contributed by atoms with E-state index in [1.165, 1.54) is 6.20 Å². The fraction of sp³-hybridized carbons (Fsp3) is 0.267. The zero-order valence-corrected chi connectivity index (χ0v) is 11.4. The molecule has 0 bridgehead atoms. The maximum absolute atomic E-state index is 12.1. The zero-order chi connectivity index (χ0) is 13.8. The van der Waals surface area contributed by atoms with Crippen molar-refractivity contribution in [1.29, 1.82) is 0 Å². The van der Waals surface area contributed by atoms with Crippen LogP contribution in [0.5, 0.6) is 0 Å². The number of nitrogens with one attached hydrogen (secondary N) is 1. The van der Waals surface area contributed by atoms with Gasteiger partial charge >= 0.3 is 0 Å². The summed E-state index contributed by atoms with van der Waals surface area (Å²) in [4.78, 5) is 20.3. The monoisotopic (exact) mass is 255 g/mol. The van der Waals surface area contributed by atoms with E-state index in [1.807, 2.05) is 32.0 Å². The Morgan fingerprint density at radius 2 is 2.00 bits per heavy atom. The molecular formula is C15H17N3O. The number of hydrogen-bond donors (Lipinski definition) is 1. The number of aryl methyl sites for hydroxylation is 3. The molecule has 19 heavy (non-hydrogen) atoms. The second-order valence-corrected chi connectivity index (χ2v) is 4.46. The van der Waals surface area contributed by atoms with E-state index in [2.05, 4.69) is 22.2 Å². The summed E-state index contributed by atoms with van der Waals surface area (Å²) in [6.45, 7) is 5.89. The van der Waals surface area contributed by atoms with Gasteiger partial charge in [0.1, 0.15) is 5.69 Å². The number of aromatic nitrogens is 2. The van der Waals surface area contributed by atoms with E-state index in [1.54, 1.807) is 6.20 Å². The van der Waals surface area contributed by atoms with Gasteiger partial charge in [0.05, 0.1) is 11.9 Å². The summed E-state index contributed by atoms with van der Waals surface area (Å²) in [6, 6.07) is 5.99. The maximum Gasteiger partial charge on any atom is 0.275 e. The Labute approximate surface area is 112 Å². The van der Waals surface area contributed by atoms with Crippen LogP contribution in [0.3, 0.4) is 0 Å². The minimum Gasteiger partial charge on any atom is -0.320 e. The summed E-state index contributed by atoms with van der Waals surface area (Å²) < 4.78 is 0. The zero-order valence-electron chi connectivity index (χ0n) is 11.4. The van der Waals surface area contributed by atoms with Gasteiger partial charge in [-0.15, -0.1) is 0 Å². The average molecular weight is 255 g/mol. The Bertz CT molecular complexity index is 591. The lowest BCUT2D eigenvalue weighted by atomic mass is 10.1. The second kappa shape index (κ2) is 5.61. The van der Waals surface area contributed by atoms with Crippen molar-refractivity contribution in [2.24, 2.45) is 0 Å². The largest absolute Gasteiger partial charge is 0.320 e. The highest BCUT2D eigenvalue weighted by molar-refractivity contribution is 6.03. The van der Waals surface area contributed by atoms with Crippen molar-refractivity contribution in [2.75, 3.05) is 5.32 Å². The molecule has 1 aromatic carbocycles. The van der Waals surface area contributed by atoms with Gasteiger partial charge in [0.2, 0.25) is 0 Å². The standard InChI is InChI=1S/C15H17N3O/c1-4-12-7-5-6-10(2)14(12)18-15(19)13-9-16-11(3)8-17-13/h5-9H,4H2,1-3H3,(H,18,19). The Kier molecular flexibility index (Phi) is 3.90. The van der Waals surface area contributed by atoms with Crippen LogP contribution in [0.25, 0.3) is 0 Å². The molecule has 98 valence electrons. The van der Waals surface area contributed by atoms with E-state index in [0.29, 0.717) is 5.69 Å². The predicted molar refractivity (Wildman–Crippen MR) is 75.3 cm³/mol. The number of rotatable bonds is 3. The smallest absolute Gasteiger partial charge is 0.275 e. The quantitative estimate of drug-likeness (QED) is 0.917. The van der Waals surface area contributed by atoms with Gasteiger partial charge in [-0.2, -0.15) is 0 Å². The summed E-state index contributed by atoms with van der Waals surface area (Å²) in [5.74, 6) is -0.225. The molecule has 0 aliphatic rings. The van der Waals surface area contributed by atoms with Crippen molar-refractivity contribution in [3.8, 4) is 0 Å². The van der Waals surface area contributed by atoms with Crippen LogP contribution in [-0.4, -0.2) is 15.9 Å². The van der Waals surface area contributed by atoms with Gasteiger partial charge < -0.3 is 5.32 Å². The van der Waals surface area contributed by atoms with E-state index in [-0.39, 0.29) is 5.91 Å². The highest BCUT2D eigenvalue weighted by Gasteiger charge is 2.11. The Balaban J connectivity index is 2.26. The summed E-state index contributed by atoms with van der Waals surface area (Å²) in [7, 11) is 0. The molecule has 0 radical (unpaired) electrons. The highest BCUT2D eigenvalue weighted by atomic mass is 16.1. The molecule has 4 nitrogen and oxygen atoms in total. The molecule has 4 heteroatoms. The van der Waals surface area contributed by atoms with Crippen molar-refractivity contribution < 1.29 is 4.79 Å². The van der Waals surface area contributed by atoms with Gasteiger partial charge in [0.15, 0.2) is 0 Å². The Morgan fingerprint density at radius 3 is 2.63 bits per heavy atom. The van der Waals surface area contributed by atoms with Crippen LogP contribution < -0.4 is 5.32 Å². The van der Waals surface area contributed by atoms with Crippen LogP contribution in [-0.2, 0) is 6.42 Å². The third-order valence-electron chi connectivity index (χ3n) is 2.99.